The normalized spacial score (nSPS) is 12.2. The van der Waals surface area contributed by atoms with Crippen molar-refractivity contribution in [1.82, 2.24) is 5.32 Å². The molecule has 0 aliphatic heterocycles. The van der Waals surface area contributed by atoms with Crippen molar-refractivity contribution in [3.63, 3.8) is 0 Å². The molecule has 106 valence electrons. The molecule has 0 bridgehead atoms. The monoisotopic (exact) mass is 285 g/mol. The van der Waals surface area contributed by atoms with Crippen LogP contribution in [0.5, 0.6) is 5.75 Å². The molecule has 2 N–H and O–H groups in total. The van der Waals surface area contributed by atoms with E-state index in [1.807, 2.05) is 19.1 Å². The summed E-state index contributed by atoms with van der Waals surface area (Å²) >= 11 is 6.11. The van der Waals surface area contributed by atoms with E-state index in [9.17, 15) is 4.79 Å². The molecule has 1 unspecified atom stereocenters. The Hall–Kier alpha value is -1.26. The number of methoxy groups -OCH3 is 1. The zero-order valence-electron chi connectivity index (χ0n) is 11.3. The van der Waals surface area contributed by atoms with Crippen molar-refractivity contribution in [2.45, 2.75) is 38.8 Å². The molecule has 1 rings (SSSR count). The summed E-state index contributed by atoms with van der Waals surface area (Å²) in [4.78, 5) is 11.1. The lowest BCUT2D eigenvalue weighted by Gasteiger charge is -2.15. The molecule has 0 heterocycles. The highest BCUT2D eigenvalue weighted by Gasteiger charge is 2.16. The Balaban J connectivity index is 2.61. The molecule has 0 aliphatic rings. The lowest BCUT2D eigenvalue weighted by molar-refractivity contribution is -0.139. The van der Waals surface area contributed by atoms with Gasteiger partial charge in [-0.3, -0.25) is 4.79 Å². The zero-order valence-corrected chi connectivity index (χ0v) is 12.0. The van der Waals surface area contributed by atoms with E-state index in [-0.39, 0.29) is 0 Å². The molecule has 4 nitrogen and oxygen atoms in total. The number of rotatable bonds is 8. The minimum Gasteiger partial charge on any atom is -0.497 e. The number of carboxylic acid groups (broad SMARTS) is 1. The highest BCUT2D eigenvalue weighted by molar-refractivity contribution is 6.31. The zero-order chi connectivity index (χ0) is 14.3. The standard InChI is InChI=1S/C14H20ClNO3/c1-3-4-5-13(14(17)18)16-9-10-6-7-11(19-2)8-12(10)15/h6-8,13,16H,3-5,9H2,1-2H3,(H,17,18). The summed E-state index contributed by atoms with van der Waals surface area (Å²) in [6.07, 6.45) is 2.49. The summed E-state index contributed by atoms with van der Waals surface area (Å²) in [7, 11) is 1.58. The lowest BCUT2D eigenvalue weighted by Crippen LogP contribution is -2.36. The Morgan fingerprint density at radius 2 is 2.26 bits per heavy atom. The quantitative estimate of drug-likeness (QED) is 0.771. The van der Waals surface area contributed by atoms with Crippen LogP contribution in [-0.2, 0) is 11.3 Å². The van der Waals surface area contributed by atoms with Crippen LogP contribution in [0.4, 0.5) is 0 Å². The third kappa shape index (κ3) is 5.09. The molecule has 0 spiro atoms. The summed E-state index contributed by atoms with van der Waals surface area (Å²) in [5, 5.41) is 12.7. The second-order valence-corrected chi connectivity index (χ2v) is 4.78. The van der Waals surface area contributed by atoms with Crippen LogP contribution in [0.25, 0.3) is 0 Å². The van der Waals surface area contributed by atoms with Gasteiger partial charge in [0, 0.05) is 11.6 Å². The summed E-state index contributed by atoms with van der Waals surface area (Å²) < 4.78 is 5.07. The molecule has 0 aliphatic carbocycles. The van der Waals surface area contributed by atoms with Crippen LogP contribution < -0.4 is 10.1 Å². The van der Waals surface area contributed by atoms with Gasteiger partial charge in [0.1, 0.15) is 11.8 Å². The number of unbranched alkanes of at least 4 members (excludes halogenated alkanes) is 1. The van der Waals surface area contributed by atoms with Crippen molar-refractivity contribution < 1.29 is 14.6 Å². The second kappa shape index (κ2) is 8.02. The topological polar surface area (TPSA) is 58.6 Å². The number of ether oxygens (including phenoxy) is 1. The van der Waals surface area contributed by atoms with Crippen LogP contribution in [0, 0.1) is 0 Å². The number of carboxylic acids is 1. The molecule has 5 heteroatoms. The number of aliphatic carboxylic acids is 1. The minimum atomic E-state index is -0.821. The van der Waals surface area contributed by atoms with Gasteiger partial charge in [-0.15, -0.1) is 0 Å². The maximum absolute atomic E-state index is 11.1. The maximum atomic E-state index is 11.1. The highest BCUT2D eigenvalue weighted by atomic mass is 35.5. The van der Waals surface area contributed by atoms with E-state index in [4.69, 9.17) is 21.4 Å². The van der Waals surface area contributed by atoms with E-state index in [1.165, 1.54) is 0 Å². The number of carbonyl (C=O) groups is 1. The molecule has 0 radical (unpaired) electrons. The molecular formula is C14H20ClNO3. The van der Waals surface area contributed by atoms with Crippen molar-refractivity contribution in [1.29, 1.82) is 0 Å². The van der Waals surface area contributed by atoms with Crippen LogP contribution in [0.1, 0.15) is 31.7 Å². The van der Waals surface area contributed by atoms with Crippen LogP contribution in [-0.4, -0.2) is 24.2 Å². The van der Waals surface area contributed by atoms with Crippen LogP contribution >= 0.6 is 11.6 Å². The number of benzene rings is 1. The predicted molar refractivity (Wildman–Crippen MR) is 75.8 cm³/mol. The Kier molecular flexibility index (Phi) is 6.67. The molecule has 0 amide bonds. The predicted octanol–water partition coefficient (Wildman–Crippen LogP) is 3.08. The Morgan fingerprint density at radius 3 is 2.79 bits per heavy atom. The summed E-state index contributed by atoms with van der Waals surface area (Å²) in [6, 6.07) is 4.84. The van der Waals surface area contributed by atoms with Gasteiger partial charge in [-0.2, -0.15) is 0 Å². The lowest BCUT2D eigenvalue weighted by atomic mass is 10.1. The van der Waals surface area contributed by atoms with Gasteiger partial charge in [0.05, 0.1) is 7.11 Å². The second-order valence-electron chi connectivity index (χ2n) is 4.37. The highest BCUT2D eigenvalue weighted by Crippen LogP contribution is 2.22. The van der Waals surface area contributed by atoms with Gasteiger partial charge < -0.3 is 15.2 Å². The number of nitrogens with one attached hydrogen (secondary N) is 1. The molecule has 0 aromatic heterocycles. The van der Waals surface area contributed by atoms with Crippen LogP contribution in [0.3, 0.4) is 0 Å². The third-order valence-electron chi connectivity index (χ3n) is 2.94. The Bertz CT molecular complexity index is 423. The van der Waals surface area contributed by atoms with Crippen molar-refractivity contribution in [3.8, 4) is 5.75 Å². The fourth-order valence-corrected chi connectivity index (χ4v) is 1.99. The van der Waals surface area contributed by atoms with Gasteiger partial charge in [-0.25, -0.2) is 0 Å². The van der Waals surface area contributed by atoms with Gasteiger partial charge in [0.25, 0.3) is 0 Å². The van der Waals surface area contributed by atoms with E-state index >= 15 is 0 Å². The van der Waals surface area contributed by atoms with Crippen molar-refractivity contribution in [2.75, 3.05) is 7.11 Å². The first kappa shape index (κ1) is 15.8. The summed E-state index contributed by atoms with van der Waals surface area (Å²) in [6.45, 7) is 2.47. The fourth-order valence-electron chi connectivity index (χ4n) is 1.75. The van der Waals surface area contributed by atoms with E-state index in [2.05, 4.69) is 5.32 Å². The third-order valence-corrected chi connectivity index (χ3v) is 3.30. The van der Waals surface area contributed by atoms with E-state index in [0.717, 1.165) is 18.4 Å². The molecule has 0 saturated carbocycles. The molecular weight excluding hydrogens is 266 g/mol. The van der Waals surface area contributed by atoms with E-state index in [1.54, 1.807) is 13.2 Å². The molecule has 0 fully saturated rings. The fraction of sp³-hybridized carbons (Fsp3) is 0.500. The van der Waals surface area contributed by atoms with Gasteiger partial charge >= 0.3 is 5.97 Å². The van der Waals surface area contributed by atoms with Gasteiger partial charge in [-0.1, -0.05) is 37.4 Å². The van der Waals surface area contributed by atoms with Gasteiger partial charge in [-0.05, 0) is 24.1 Å². The largest absolute Gasteiger partial charge is 0.497 e. The minimum absolute atomic E-state index is 0.434. The Morgan fingerprint density at radius 1 is 1.53 bits per heavy atom. The SMILES string of the molecule is CCCCC(NCc1ccc(OC)cc1Cl)C(=O)O. The number of hydrogen-bond acceptors (Lipinski definition) is 3. The molecule has 19 heavy (non-hydrogen) atoms. The molecule has 0 saturated heterocycles. The average molecular weight is 286 g/mol. The van der Waals surface area contributed by atoms with Gasteiger partial charge in [0.2, 0.25) is 0 Å². The van der Waals surface area contributed by atoms with E-state index < -0.39 is 12.0 Å². The van der Waals surface area contributed by atoms with Crippen LogP contribution in [0.15, 0.2) is 18.2 Å². The van der Waals surface area contributed by atoms with E-state index in [0.29, 0.717) is 23.7 Å². The Labute approximate surface area is 118 Å². The van der Waals surface area contributed by atoms with Crippen molar-refractivity contribution in [3.05, 3.63) is 28.8 Å². The van der Waals surface area contributed by atoms with Gasteiger partial charge in [0.15, 0.2) is 0 Å². The average Bonchev–Trinajstić information content (AvgIpc) is 2.39. The first-order valence-electron chi connectivity index (χ1n) is 6.37. The number of hydrogen-bond donors (Lipinski definition) is 2. The number of halogens is 1. The maximum Gasteiger partial charge on any atom is 0.320 e. The smallest absolute Gasteiger partial charge is 0.320 e. The molecule has 1 aromatic carbocycles. The van der Waals surface area contributed by atoms with Crippen molar-refractivity contribution in [2.24, 2.45) is 0 Å². The summed E-state index contributed by atoms with van der Waals surface area (Å²) in [5.74, 6) is -0.132. The van der Waals surface area contributed by atoms with Crippen molar-refractivity contribution >= 4 is 17.6 Å². The molecule has 1 aromatic rings. The summed E-state index contributed by atoms with van der Waals surface area (Å²) in [5.41, 5.74) is 0.866. The van der Waals surface area contributed by atoms with Crippen LogP contribution in [0.2, 0.25) is 5.02 Å². The molecule has 1 atom stereocenters. The first-order chi connectivity index (χ1) is 9.08. The first-order valence-corrected chi connectivity index (χ1v) is 6.74.